The van der Waals surface area contributed by atoms with Crippen molar-refractivity contribution in [1.29, 1.82) is 0 Å². The molecule has 32 heavy (non-hydrogen) atoms. The Morgan fingerprint density at radius 2 is 2.03 bits per heavy atom. The second-order valence-electron chi connectivity index (χ2n) is 9.05. The van der Waals surface area contributed by atoms with Crippen LogP contribution in [0.3, 0.4) is 0 Å². The third-order valence-electron chi connectivity index (χ3n) is 6.20. The number of hydrogen-bond donors (Lipinski definition) is 3. The highest BCUT2D eigenvalue weighted by Crippen LogP contribution is 2.50. The summed E-state index contributed by atoms with van der Waals surface area (Å²) in [6.07, 6.45) is 3.72. The summed E-state index contributed by atoms with van der Waals surface area (Å²) in [5, 5.41) is 17.8. The predicted molar refractivity (Wildman–Crippen MR) is 121 cm³/mol. The summed E-state index contributed by atoms with van der Waals surface area (Å²) < 4.78 is -0.673. The first-order valence-electron chi connectivity index (χ1n) is 10.6. The summed E-state index contributed by atoms with van der Waals surface area (Å²) in [6.45, 7) is 5.77. The summed E-state index contributed by atoms with van der Waals surface area (Å²) >= 11 is 2.54. The third kappa shape index (κ3) is 4.17. The van der Waals surface area contributed by atoms with Crippen molar-refractivity contribution in [2.45, 2.75) is 74.8 Å². The summed E-state index contributed by atoms with van der Waals surface area (Å²) in [6, 6.07) is -1.78. The van der Waals surface area contributed by atoms with Crippen molar-refractivity contribution < 1.29 is 24.3 Å². The van der Waals surface area contributed by atoms with Crippen LogP contribution in [0.2, 0.25) is 0 Å². The molecule has 0 spiro atoms. The highest BCUT2D eigenvalue weighted by atomic mass is 32.2. The van der Waals surface area contributed by atoms with Crippen LogP contribution in [0.15, 0.2) is 10.5 Å². The molecule has 3 atom stereocenters. The topological polar surface area (TPSA) is 147 Å². The Hall–Kier alpha value is -2.34. The molecule has 2 aliphatic heterocycles. The van der Waals surface area contributed by atoms with Crippen LogP contribution in [0.1, 0.15) is 52.1 Å². The smallest absolute Gasteiger partial charge is 0.327 e. The van der Waals surface area contributed by atoms with Gasteiger partial charge in [-0.1, -0.05) is 12.1 Å². The number of anilines is 1. The molecule has 0 bridgehead atoms. The first-order chi connectivity index (χ1) is 15.1. The van der Waals surface area contributed by atoms with Crippen LogP contribution in [-0.4, -0.2) is 66.8 Å². The van der Waals surface area contributed by atoms with Crippen molar-refractivity contribution in [3.05, 3.63) is 11.1 Å². The molecular weight excluding hydrogens is 454 g/mol. The highest BCUT2D eigenvalue weighted by Gasteiger charge is 2.64. The van der Waals surface area contributed by atoms with Crippen LogP contribution in [-0.2, 0) is 19.2 Å². The Morgan fingerprint density at radius 3 is 2.62 bits per heavy atom. The molecule has 3 fully saturated rings. The number of β-lactam (4-membered cyclic amide) rings is 1. The number of nitrogens with one attached hydrogen (secondary N) is 1. The molecule has 174 valence electrons. The van der Waals surface area contributed by atoms with E-state index in [1.54, 1.807) is 19.2 Å². The van der Waals surface area contributed by atoms with E-state index in [9.17, 15) is 19.5 Å². The van der Waals surface area contributed by atoms with Crippen molar-refractivity contribution in [2.24, 2.45) is 11.1 Å². The van der Waals surface area contributed by atoms with Gasteiger partial charge in [-0.15, -0.1) is 23.1 Å². The van der Waals surface area contributed by atoms with Gasteiger partial charge in [0.15, 0.2) is 10.8 Å². The molecule has 3 heterocycles. The Bertz CT molecular complexity index is 956. The first-order valence-corrected chi connectivity index (χ1v) is 12.3. The molecule has 0 unspecified atom stereocenters. The SMILES string of the molecule is CC1(C)S[C@@H]2[C@@H](NC(=O)/C(=N\O[C@H]3CC[C@@H](C)CC3)c3csc(N)n3)C(=O)N2[C@H]1C(=O)O. The first kappa shape index (κ1) is 22.8. The number of nitrogen functional groups attached to an aromatic ring is 1. The zero-order valence-corrected chi connectivity index (χ0v) is 19.7. The number of thiazole rings is 1. The van der Waals surface area contributed by atoms with E-state index in [1.165, 1.54) is 28.0 Å². The molecule has 1 aromatic heterocycles. The number of nitrogens with zero attached hydrogens (tertiary/aromatic N) is 3. The number of carbonyl (C=O) groups is 3. The highest BCUT2D eigenvalue weighted by molar-refractivity contribution is 8.01. The quantitative estimate of drug-likeness (QED) is 0.316. The van der Waals surface area contributed by atoms with E-state index in [1.807, 2.05) is 0 Å². The number of nitrogens with two attached hydrogens (primary N) is 1. The number of rotatable bonds is 6. The molecule has 1 aliphatic carbocycles. The fraction of sp³-hybridized carbons (Fsp3) is 0.650. The van der Waals surface area contributed by atoms with Crippen molar-refractivity contribution >= 4 is 51.7 Å². The maximum absolute atomic E-state index is 13.1. The fourth-order valence-corrected chi connectivity index (χ4v) is 6.59. The van der Waals surface area contributed by atoms with Crippen LogP contribution in [0.5, 0.6) is 0 Å². The van der Waals surface area contributed by atoms with E-state index in [4.69, 9.17) is 10.6 Å². The number of carboxylic acid groups (broad SMARTS) is 1. The molecule has 4 rings (SSSR count). The van der Waals surface area contributed by atoms with Crippen molar-refractivity contribution in [3.63, 3.8) is 0 Å². The van der Waals surface area contributed by atoms with Gasteiger partial charge in [0.2, 0.25) is 5.91 Å². The Labute approximate surface area is 193 Å². The predicted octanol–water partition coefficient (Wildman–Crippen LogP) is 1.66. The minimum Gasteiger partial charge on any atom is -0.480 e. The molecule has 2 amide bonds. The van der Waals surface area contributed by atoms with E-state index >= 15 is 0 Å². The van der Waals surface area contributed by atoms with Gasteiger partial charge in [0.25, 0.3) is 5.91 Å². The number of fused-ring (bicyclic) bond motifs is 1. The van der Waals surface area contributed by atoms with Crippen LogP contribution in [0, 0.1) is 5.92 Å². The number of oxime groups is 1. The maximum atomic E-state index is 13.1. The number of carbonyl (C=O) groups excluding carboxylic acids is 2. The number of hydrogen-bond acceptors (Lipinski definition) is 9. The van der Waals surface area contributed by atoms with E-state index in [0.29, 0.717) is 5.92 Å². The number of thioether (sulfide) groups is 1. The molecule has 1 saturated carbocycles. The summed E-state index contributed by atoms with van der Waals surface area (Å²) in [5.41, 5.74) is 5.97. The molecule has 2 saturated heterocycles. The van der Waals surface area contributed by atoms with E-state index in [-0.39, 0.29) is 22.6 Å². The zero-order valence-electron chi connectivity index (χ0n) is 18.1. The Kier molecular flexibility index (Phi) is 6.10. The van der Waals surface area contributed by atoms with Gasteiger partial charge in [0.1, 0.15) is 29.3 Å². The molecule has 1 aromatic rings. The van der Waals surface area contributed by atoms with Gasteiger partial charge in [0, 0.05) is 10.1 Å². The van der Waals surface area contributed by atoms with Crippen LogP contribution >= 0.6 is 23.1 Å². The molecule has 10 nitrogen and oxygen atoms in total. The van der Waals surface area contributed by atoms with Gasteiger partial charge in [-0.3, -0.25) is 9.59 Å². The number of aromatic nitrogens is 1. The van der Waals surface area contributed by atoms with Crippen LogP contribution in [0.25, 0.3) is 0 Å². The summed E-state index contributed by atoms with van der Waals surface area (Å²) in [4.78, 5) is 48.6. The Balaban J connectivity index is 1.49. The maximum Gasteiger partial charge on any atom is 0.327 e. The monoisotopic (exact) mass is 481 g/mol. The lowest BCUT2D eigenvalue weighted by molar-refractivity contribution is -0.160. The molecule has 4 N–H and O–H groups in total. The van der Waals surface area contributed by atoms with E-state index in [2.05, 4.69) is 22.4 Å². The van der Waals surface area contributed by atoms with E-state index in [0.717, 1.165) is 25.7 Å². The van der Waals surface area contributed by atoms with Gasteiger partial charge in [-0.2, -0.15) is 0 Å². The Morgan fingerprint density at radius 1 is 1.34 bits per heavy atom. The number of carboxylic acids is 1. The standard InChI is InChI=1S/C20H27N5O5S2/c1-9-4-6-10(7-5-9)30-24-12(11-8-31-19(21)22-11)15(26)23-13-16(27)25-14(18(28)29)20(2,3)32-17(13)25/h8-10,13-14,17H,4-7H2,1-3H3,(H2,21,22)(H,23,26)(H,28,29)/b24-12-/t9-,10+,13-,14-,17+/m0/s1. The van der Waals surface area contributed by atoms with Gasteiger partial charge in [-0.25, -0.2) is 9.78 Å². The molecule has 3 aliphatic rings. The van der Waals surface area contributed by atoms with Crippen LogP contribution < -0.4 is 11.1 Å². The van der Waals surface area contributed by atoms with Crippen LogP contribution in [0.4, 0.5) is 5.13 Å². The summed E-state index contributed by atoms with van der Waals surface area (Å²) in [5.74, 6) is -1.43. The molecular formula is C20H27N5O5S2. The van der Waals surface area contributed by atoms with Gasteiger partial charge in [0.05, 0.1) is 0 Å². The van der Waals surface area contributed by atoms with Crippen molar-refractivity contribution in [1.82, 2.24) is 15.2 Å². The van der Waals surface area contributed by atoms with Gasteiger partial charge < -0.3 is 25.9 Å². The average Bonchev–Trinajstić information content (AvgIpc) is 3.26. The summed E-state index contributed by atoms with van der Waals surface area (Å²) in [7, 11) is 0. The van der Waals surface area contributed by atoms with E-state index < -0.39 is 40.0 Å². The van der Waals surface area contributed by atoms with Gasteiger partial charge >= 0.3 is 5.97 Å². The molecule has 0 aromatic carbocycles. The third-order valence-corrected chi connectivity index (χ3v) is 8.44. The number of amides is 2. The van der Waals surface area contributed by atoms with Crippen molar-refractivity contribution in [2.75, 3.05) is 5.73 Å². The fourth-order valence-electron chi connectivity index (χ4n) is 4.42. The lowest BCUT2D eigenvalue weighted by Crippen LogP contribution is -2.71. The second-order valence-corrected chi connectivity index (χ2v) is 11.7. The minimum absolute atomic E-state index is 0.0418. The average molecular weight is 482 g/mol. The zero-order chi connectivity index (χ0) is 23.2. The minimum atomic E-state index is -1.06. The number of aliphatic carboxylic acids is 1. The lowest BCUT2D eigenvalue weighted by Gasteiger charge is -2.43. The lowest BCUT2D eigenvalue weighted by atomic mass is 9.89. The largest absolute Gasteiger partial charge is 0.480 e. The molecule has 0 radical (unpaired) electrons. The van der Waals surface area contributed by atoms with Gasteiger partial charge in [-0.05, 0) is 45.4 Å². The normalized spacial score (nSPS) is 31.6. The molecule has 12 heteroatoms. The second kappa shape index (κ2) is 8.54. The van der Waals surface area contributed by atoms with Crippen molar-refractivity contribution in [3.8, 4) is 0 Å².